The number of likely N-dealkylation sites (N-methyl/N-ethyl adjacent to an activating group) is 1. The van der Waals surface area contributed by atoms with E-state index in [9.17, 15) is 9.18 Å². The van der Waals surface area contributed by atoms with Crippen molar-refractivity contribution < 1.29 is 9.18 Å². The van der Waals surface area contributed by atoms with Gasteiger partial charge >= 0.3 is 0 Å². The van der Waals surface area contributed by atoms with Gasteiger partial charge in [-0.3, -0.25) is 4.79 Å². The minimum atomic E-state index is -0.287. The number of carbonyl (C=O) groups is 1. The first-order chi connectivity index (χ1) is 8.19. The summed E-state index contributed by atoms with van der Waals surface area (Å²) in [5.74, 6) is -0.210. The molecule has 1 amide bonds. The van der Waals surface area contributed by atoms with Crippen molar-refractivity contribution in [3.05, 3.63) is 35.6 Å². The molecule has 1 aromatic carbocycles. The van der Waals surface area contributed by atoms with Crippen LogP contribution in [0.15, 0.2) is 24.3 Å². The van der Waals surface area contributed by atoms with Gasteiger partial charge in [-0.25, -0.2) is 4.39 Å². The molecular weight excluding hydrogens is 219 g/mol. The van der Waals surface area contributed by atoms with Crippen molar-refractivity contribution in [1.82, 2.24) is 10.2 Å². The molecule has 0 spiro atoms. The molecule has 17 heavy (non-hydrogen) atoms. The van der Waals surface area contributed by atoms with Crippen molar-refractivity contribution in [2.75, 3.05) is 20.1 Å². The molecule has 3 nitrogen and oxygen atoms in total. The Balaban J connectivity index is 1.93. The fourth-order valence-electron chi connectivity index (χ4n) is 2.16. The molecule has 1 saturated heterocycles. The molecule has 0 aliphatic carbocycles. The van der Waals surface area contributed by atoms with E-state index < -0.39 is 0 Å². The largest absolute Gasteiger partial charge is 0.341 e. The fourth-order valence-corrected chi connectivity index (χ4v) is 2.16. The van der Waals surface area contributed by atoms with Gasteiger partial charge in [0, 0.05) is 19.1 Å². The predicted molar refractivity (Wildman–Crippen MR) is 64.1 cm³/mol. The Hall–Kier alpha value is -1.42. The lowest BCUT2D eigenvalue weighted by Gasteiger charge is -2.16. The number of rotatable bonds is 3. The monoisotopic (exact) mass is 236 g/mol. The maximum Gasteiger partial charge on any atom is 0.227 e. The summed E-state index contributed by atoms with van der Waals surface area (Å²) in [4.78, 5) is 13.8. The van der Waals surface area contributed by atoms with Crippen molar-refractivity contribution in [3.63, 3.8) is 0 Å². The van der Waals surface area contributed by atoms with Gasteiger partial charge in [-0.1, -0.05) is 12.1 Å². The Bertz CT molecular complexity index is 408. The number of carbonyl (C=O) groups excluding carboxylic acids is 1. The lowest BCUT2D eigenvalue weighted by Crippen LogP contribution is -2.34. The van der Waals surface area contributed by atoms with Crippen LogP contribution in [-0.2, 0) is 11.2 Å². The minimum absolute atomic E-state index is 0.0772. The first-order valence-electron chi connectivity index (χ1n) is 5.88. The number of benzene rings is 1. The molecule has 0 saturated carbocycles. The number of nitrogens with one attached hydrogen (secondary N) is 1. The number of halogens is 1. The fraction of sp³-hybridized carbons (Fsp3) is 0.462. The van der Waals surface area contributed by atoms with Crippen LogP contribution in [0.1, 0.15) is 12.0 Å². The Morgan fingerprint density at radius 2 is 2.41 bits per heavy atom. The number of likely N-dealkylation sites (tertiary alicyclic amines) is 1. The van der Waals surface area contributed by atoms with Crippen molar-refractivity contribution >= 4 is 5.91 Å². The lowest BCUT2D eigenvalue weighted by molar-refractivity contribution is -0.129. The molecule has 1 aliphatic rings. The SMILES string of the molecule is CNC1CCN(C(=O)Cc2cccc(F)c2)C1. The first-order valence-corrected chi connectivity index (χ1v) is 5.88. The summed E-state index contributed by atoms with van der Waals surface area (Å²) in [6, 6.07) is 6.63. The van der Waals surface area contributed by atoms with Crippen LogP contribution in [0.5, 0.6) is 0 Å². The van der Waals surface area contributed by atoms with Crippen molar-refractivity contribution in [2.24, 2.45) is 0 Å². The third-order valence-electron chi connectivity index (χ3n) is 3.19. The van der Waals surface area contributed by atoms with Crippen LogP contribution in [0.4, 0.5) is 4.39 Å². The van der Waals surface area contributed by atoms with Crippen LogP contribution in [0, 0.1) is 5.82 Å². The predicted octanol–water partition coefficient (Wildman–Crippen LogP) is 1.19. The second kappa shape index (κ2) is 5.27. The van der Waals surface area contributed by atoms with Gasteiger partial charge in [0.05, 0.1) is 6.42 Å². The zero-order valence-electron chi connectivity index (χ0n) is 9.95. The molecule has 92 valence electrons. The highest BCUT2D eigenvalue weighted by Crippen LogP contribution is 2.12. The van der Waals surface area contributed by atoms with Crippen molar-refractivity contribution in [3.8, 4) is 0 Å². The molecular formula is C13H17FN2O. The smallest absolute Gasteiger partial charge is 0.227 e. The Morgan fingerprint density at radius 1 is 1.59 bits per heavy atom. The zero-order valence-corrected chi connectivity index (χ0v) is 9.95. The van der Waals surface area contributed by atoms with E-state index in [1.54, 1.807) is 12.1 Å². The maximum absolute atomic E-state index is 13.0. The van der Waals surface area contributed by atoms with E-state index in [4.69, 9.17) is 0 Å². The van der Waals surface area contributed by atoms with Crippen LogP contribution in [0.25, 0.3) is 0 Å². The van der Waals surface area contributed by atoms with Crippen LogP contribution in [0.3, 0.4) is 0 Å². The average Bonchev–Trinajstić information content (AvgIpc) is 2.77. The third kappa shape index (κ3) is 3.03. The molecule has 1 N–H and O–H groups in total. The van der Waals surface area contributed by atoms with Gasteiger partial charge in [0.15, 0.2) is 0 Å². The van der Waals surface area contributed by atoms with Gasteiger partial charge in [-0.05, 0) is 31.2 Å². The van der Waals surface area contributed by atoms with Crippen LogP contribution in [0.2, 0.25) is 0 Å². The highest BCUT2D eigenvalue weighted by atomic mass is 19.1. The van der Waals surface area contributed by atoms with Crippen molar-refractivity contribution in [1.29, 1.82) is 0 Å². The molecule has 1 atom stereocenters. The minimum Gasteiger partial charge on any atom is -0.341 e. The summed E-state index contributed by atoms with van der Waals surface area (Å²) < 4.78 is 13.0. The van der Waals surface area contributed by atoms with Gasteiger partial charge in [0.25, 0.3) is 0 Å². The van der Waals surface area contributed by atoms with Gasteiger partial charge in [-0.2, -0.15) is 0 Å². The molecule has 1 unspecified atom stereocenters. The summed E-state index contributed by atoms with van der Waals surface area (Å²) in [7, 11) is 1.91. The highest BCUT2D eigenvalue weighted by molar-refractivity contribution is 5.79. The normalized spacial score (nSPS) is 19.6. The molecule has 1 aromatic rings. The van der Waals surface area contributed by atoms with E-state index in [-0.39, 0.29) is 18.1 Å². The standard InChI is InChI=1S/C13H17FN2O/c1-15-12-5-6-16(9-12)13(17)8-10-3-2-4-11(14)7-10/h2-4,7,12,15H,5-6,8-9H2,1H3. The molecule has 0 bridgehead atoms. The Morgan fingerprint density at radius 3 is 3.06 bits per heavy atom. The van der Waals surface area contributed by atoms with E-state index in [0.717, 1.165) is 25.1 Å². The lowest BCUT2D eigenvalue weighted by atomic mass is 10.1. The first kappa shape index (κ1) is 12.0. The summed E-state index contributed by atoms with van der Waals surface area (Å²) in [5, 5.41) is 3.17. The quantitative estimate of drug-likeness (QED) is 0.855. The number of hydrogen-bond acceptors (Lipinski definition) is 2. The maximum atomic E-state index is 13.0. The summed E-state index contributed by atoms with van der Waals surface area (Å²) in [6.07, 6.45) is 1.28. The van der Waals surface area contributed by atoms with E-state index in [1.165, 1.54) is 12.1 Å². The molecule has 0 radical (unpaired) electrons. The number of hydrogen-bond donors (Lipinski definition) is 1. The molecule has 1 fully saturated rings. The highest BCUT2D eigenvalue weighted by Gasteiger charge is 2.24. The molecule has 2 rings (SSSR count). The van der Waals surface area contributed by atoms with Crippen molar-refractivity contribution in [2.45, 2.75) is 18.9 Å². The molecule has 4 heteroatoms. The summed E-state index contributed by atoms with van der Waals surface area (Å²) in [6.45, 7) is 1.55. The molecule has 0 aromatic heterocycles. The van der Waals surface area contributed by atoms with E-state index >= 15 is 0 Å². The van der Waals surface area contributed by atoms with Crippen LogP contribution in [-0.4, -0.2) is 37.0 Å². The summed E-state index contributed by atoms with van der Waals surface area (Å²) >= 11 is 0. The van der Waals surface area contributed by atoms with Gasteiger partial charge in [0.2, 0.25) is 5.91 Å². The van der Waals surface area contributed by atoms with E-state index in [0.29, 0.717) is 6.04 Å². The van der Waals surface area contributed by atoms with Crippen LogP contribution >= 0.6 is 0 Å². The molecule has 1 aliphatic heterocycles. The number of nitrogens with zero attached hydrogens (tertiary/aromatic N) is 1. The third-order valence-corrected chi connectivity index (χ3v) is 3.19. The van der Waals surface area contributed by atoms with Crippen LogP contribution < -0.4 is 5.32 Å². The Labute approximate surface area is 101 Å². The average molecular weight is 236 g/mol. The van der Waals surface area contributed by atoms with Gasteiger partial charge in [-0.15, -0.1) is 0 Å². The second-order valence-corrected chi connectivity index (χ2v) is 4.42. The zero-order chi connectivity index (χ0) is 12.3. The van der Waals surface area contributed by atoms with Gasteiger partial charge in [0.1, 0.15) is 5.82 Å². The number of amides is 1. The molecule has 1 heterocycles. The second-order valence-electron chi connectivity index (χ2n) is 4.42. The van der Waals surface area contributed by atoms with E-state index in [1.807, 2.05) is 11.9 Å². The van der Waals surface area contributed by atoms with E-state index in [2.05, 4.69) is 5.32 Å². The Kier molecular flexibility index (Phi) is 3.74. The summed E-state index contributed by atoms with van der Waals surface area (Å²) in [5.41, 5.74) is 0.739. The van der Waals surface area contributed by atoms with Gasteiger partial charge < -0.3 is 10.2 Å². The topological polar surface area (TPSA) is 32.3 Å².